The van der Waals surface area contributed by atoms with Crippen LogP contribution in [0, 0.1) is 13.8 Å². The van der Waals surface area contributed by atoms with Crippen molar-refractivity contribution in [2.75, 3.05) is 27.3 Å². The maximum absolute atomic E-state index is 12.7. The van der Waals surface area contributed by atoms with E-state index in [1.165, 1.54) is 5.56 Å². The van der Waals surface area contributed by atoms with Crippen LogP contribution in [-0.2, 0) is 18.3 Å². The van der Waals surface area contributed by atoms with E-state index in [0.717, 1.165) is 54.4 Å². The van der Waals surface area contributed by atoms with E-state index in [2.05, 4.69) is 12.0 Å². The number of amides is 1. The molecule has 2 aromatic rings. The monoisotopic (exact) mass is 371 g/mol. The smallest absolute Gasteiger partial charge is 0.222 e. The molecule has 0 N–H and O–H groups in total. The van der Waals surface area contributed by atoms with E-state index in [-0.39, 0.29) is 11.8 Å². The van der Waals surface area contributed by atoms with Gasteiger partial charge in [-0.25, -0.2) is 0 Å². The number of benzene rings is 1. The highest BCUT2D eigenvalue weighted by atomic mass is 16.5. The molecule has 6 heteroatoms. The molecule has 146 valence electrons. The van der Waals surface area contributed by atoms with Crippen LogP contribution in [0.3, 0.4) is 0 Å². The minimum Gasteiger partial charge on any atom is -0.497 e. The van der Waals surface area contributed by atoms with Crippen molar-refractivity contribution in [3.05, 3.63) is 40.7 Å². The Labute approximate surface area is 161 Å². The first-order valence-electron chi connectivity index (χ1n) is 9.43. The zero-order valence-corrected chi connectivity index (χ0v) is 16.9. The van der Waals surface area contributed by atoms with E-state index < -0.39 is 0 Å². The van der Waals surface area contributed by atoms with E-state index in [1.807, 2.05) is 41.8 Å². The van der Waals surface area contributed by atoms with Gasteiger partial charge in [0.1, 0.15) is 11.5 Å². The second-order valence-electron chi connectivity index (χ2n) is 7.21. The molecule has 1 aromatic heterocycles. The van der Waals surface area contributed by atoms with E-state index in [0.29, 0.717) is 6.42 Å². The number of hydrogen-bond acceptors (Lipinski definition) is 4. The molecule has 0 aliphatic carbocycles. The van der Waals surface area contributed by atoms with Gasteiger partial charge in [-0.1, -0.05) is 0 Å². The van der Waals surface area contributed by atoms with Crippen molar-refractivity contribution in [2.45, 2.75) is 39.0 Å². The van der Waals surface area contributed by atoms with Crippen molar-refractivity contribution in [1.82, 2.24) is 14.7 Å². The topological polar surface area (TPSA) is 56.6 Å². The maximum atomic E-state index is 12.7. The molecular weight excluding hydrogens is 342 g/mol. The number of aryl methyl sites for hydroxylation is 2. The van der Waals surface area contributed by atoms with Gasteiger partial charge in [-0.05, 0) is 50.5 Å². The van der Waals surface area contributed by atoms with Gasteiger partial charge < -0.3 is 14.4 Å². The van der Waals surface area contributed by atoms with Crippen LogP contribution in [0.5, 0.6) is 11.5 Å². The summed E-state index contributed by atoms with van der Waals surface area (Å²) in [7, 11) is 5.29. The van der Waals surface area contributed by atoms with Gasteiger partial charge in [0.25, 0.3) is 0 Å². The van der Waals surface area contributed by atoms with Gasteiger partial charge >= 0.3 is 0 Å². The van der Waals surface area contributed by atoms with Crippen LogP contribution in [-0.4, -0.2) is 47.9 Å². The van der Waals surface area contributed by atoms with Gasteiger partial charge in [0.05, 0.1) is 19.9 Å². The van der Waals surface area contributed by atoms with Crippen molar-refractivity contribution in [1.29, 1.82) is 0 Å². The fourth-order valence-corrected chi connectivity index (χ4v) is 3.97. The normalized spacial score (nSPS) is 16.6. The Morgan fingerprint density at radius 2 is 2.04 bits per heavy atom. The molecule has 1 saturated heterocycles. The molecule has 6 nitrogen and oxygen atoms in total. The van der Waals surface area contributed by atoms with Crippen LogP contribution in [0.15, 0.2) is 18.2 Å². The molecule has 1 atom stereocenters. The van der Waals surface area contributed by atoms with Crippen molar-refractivity contribution in [3.8, 4) is 11.5 Å². The second kappa shape index (κ2) is 8.03. The Balaban J connectivity index is 1.64. The number of nitrogens with zero attached hydrogens (tertiary/aromatic N) is 3. The van der Waals surface area contributed by atoms with Gasteiger partial charge in [0, 0.05) is 43.7 Å². The minimum atomic E-state index is 0.210. The van der Waals surface area contributed by atoms with Crippen molar-refractivity contribution in [2.24, 2.45) is 7.05 Å². The van der Waals surface area contributed by atoms with Crippen molar-refractivity contribution >= 4 is 5.91 Å². The summed E-state index contributed by atoms with van der Waals surface area (Å²) in [5.41, 5.74) is 4.46. The molecule has 1 aromatic carbocycles. The van der Waals surface area contributed by atoms with E-state index in [9.17, 15) is 4.79 Å². The maximum Gasteiger partial charge on any atom is 0.222 e. The molecule has 1 aliphatic heterocycles. The molecule has 1 aliphatic rings. The number of likely N-dealkylation sites (tertiary alicyclic amines) is 1. The largest absolute Gasteiger partial charge is 0.497 e. The van der Waals surface area contributed by atoms with Gasteiger partial charge in [0.2, 0.25) is 5.91 Å². The third-order valence-electron chi connectivity index (χ3n) is 5.67. The molecule has 1 amide bonds. The Kier molecular flexibility index (Phi) is 5.73. The number of methoxy groups -OCH3 is 2. The lowest BCUT2D eigenvalue weighted by atomic mass is 9.97. The molecule has 0 radical (unpaired) electrons. The highest BCUT2D eigenvalue weighted by molar-refractivity contribution is 5.77. The lowest BCUT2D eigenvalue weighted by molar-refractivity contribution is -0.130. The van der Waals surface area contributed by atoms with Crippen LogP contribution in [0.1, 0.15) is 41.3 Å². The summed E-state index contributed by atoms with van der Waals surface area (Å²) in [5.74, 6) is 2.16. The lowest BCUT2D eigenvalue weighted by Crippen LogP contribution is -2.28. The summed E-state index contributed by atoms with van der Waals surface area (Å²) in [6.45, 7) is 5.58. The van der Waals surface area contributed by atoms with Crippen LogP contribution in [0.2, 0.25) is 0 Å². The lowest BCUT2D eigenvalue weighted by Gasteiger charge is -2.18. The SMILES string of the molecule is COc1ccc(OC)c([C@@H]2CCN(C(=O)CCc3c(C)nn(C)c3C)C2)c1. The third kappa shape index (κ3) is 3.94. The summed E-state index contributed by atoms with van der Waals surface area (Å²) >= 11 is 0. The summed E-state index contributed by atoms with van der Waals surface area (Å²) < 4.78 is 12.8. The zero-order chi connectivity index (χ0) is 19.6. The molecule has 0 unspecified atom stereocenters. The Morgan fingerprint density at radius 3 is 2.67 bits per heavy atom. The Morgan fingerprint density at radius 1 is 1.26 bits per heavy atom. The molecule has 0 bridgehead atoms. The standard InChI is InChI=1S/C21H29N3O3/c1-14-18(15(2)23(3)22-14)7-9-21(25)24-11-10-16(13-24)19-12-17(26-4)6-8-20(19)27-5/h6,8,12,16H,7,9-11,13H2,1-5H3/t16-/m1/s1. The fraction of sp³-hybridized carbons (Fsp3) is 0.524. The van der Waals surface area contributed by atoms with Gasteiger partial charge in [-0.3, -0.25) is 9.48 Å². The third-order valence-corrected chi connectivity index (χ3v) is 5.67. The summed E-state index contributed by atoms with van der Waals surface area (Å²) in [5, 5.41) is 4.44. The fourth-order valence-electron chi connectivity index (χ4n) is 3.97. The first-order chi connectivity index (χ1) is 12.9. The number of carbonyl (C=O) groups excluding carboxylic acids is 1. The molecular formula is C21H29N3O3. The Bertz CT molecular complexity index is 828. The first-order valence-corrected chi connectivity index (χ1v) is 9.43. The average molecular weight is 371 g/mol. The predicted octanol–water partition coefficient (Wildman–Crippen LogP) is 3.00. The van der Waals surface area contributed by atoms with Crippen LogP contribution >= 0.6 is 0 Å². The molecule has 2 heterocycles. The molecule has 0 saturated carbocycles. The minimum absolute atomic E-state index is 0.210. The Hall–Kier alpha value is -2.50. The number of aromatic nitrogens is 2. The number of rotatable bonds is 6. The second-order valence-corrected chi connectivity index (χ2v) is 7.21. The van der Waals surface area contributed by atoms with Crippen LogP contribution in [0.4, 0.5) is 0 Å². The number of ether oxygens (including phenoxy) is 2. The molecule has 3 rings (SSSR count). The highest BCUT2D eigenvalue weighted by Gasteiger charge is 2.29. The van der Waals surface area contributed by atoms with E-state index >= 15 is 0 Å². The van der Waals surface area contributed by atoms with Gasteiger partial charge in [-0.15, -0.1) is 0 Å². The predicted molar refractivity (Wildman–Crippen MR) is 104 cm³/mol. The first kappa shape index (κ1) is 19.3. The van der Waals surface area contributed by atoms with E-state index in [1.54, 1.807) is 14.2 Å². The van der Waals surface area contributed by atoms with Gasteiger partial charge in [0.15, 0.2) is 0 Å². The van der Waals surface area contributed by atoms with Crippen molar-refractivity contribution in [3.63, 3.8) is 0 Å². The van der Waals surface area contributed by atoms with Crippen molar-refractivity contribution < 1.29 is 14.3 Å². The quantitative estimate of drug-likeness (QED) is 0.783. The molecule has 1 fully saturated rings. The molecule has 0 spiro atoms. The zero-order valence-electron chi connectivity index (χ0n) is 16.9. The summed E-state index contributed by atoms with van der Waals surface area (Å²) in [6.07, 6.45) is 2.21. The average Bonchev–Trinajstić information content (AvgIpc) is 3.25. The van der Waals surface area contributed by atoms with Crippen LogP contribution in [0.25, 0.3) is 0 Å². The van der Waals surface area contributed by atoms with Gasteiger partial charge in [-0.2, -0.15) is 5.10 Å². The number of hydrogen-bond donors (Lipinski definition) is 0. The van der Waals surface area contributed by atoms with E-state index in [4.69, 9.17) is 9.47 Å². The highest BCUT2D eigenvalue weighted by Crippen LogP contribution is 2.36. The summed E-state index contributed by atoms with van der Waals surface area (Å²) in [6, 6.07) is 5.87. The van der Waals surface area contributed by atoms with Crippen LogP contribution < -0.4 is 9.47 Å². The summed E-state index contributed by atoms with van der Waals surface area (Å²) in [4.78, 5) is 14.7. The molecule has 27 heavy (non-hydrogen) atoms. The number of carbonyl (C=O) groups is 1.